The summed E-state index contributed by atoms with van der Waals surface area (Å²) in [7, 11) is 0. The average Bonchev–Trinajstić information content (AvgIpc) is 2.03. The lowest BCUT2D eigenvalue weighted by Crippen LogP contribution is -2.02. The highest BCUT2D eigenvalue weighted by atomic mass is 16.4. The van der Waals surface area contributed by atoms with Gasteiger partial charge in [-0.3, -0.25) is 4.79 Å². The van der Waals surface area contributed by atoms with Gasteiger partial charge in [0.1, 0.15) is 0 Å². The van der Waals surface area contributed by atoms with Crippen molar-refractivity contribution in [3.05, 3.63) is 0 Å². The molecule has 3 nitrogen and oxygen atoms in total. The normalized spacial score (nSPS) is 8.58. The Morgan fingerprint density at radius 2 is 1.75 bits per heavy atom. The van der Waals surface area contributed by atoms with Crippen molar-refractivity contribution in [1.29, 1.82) is 0 Å². The fourth-order valence-corrected chi connectivity index (χ4v) is 0.607. The molecule has 0 bridgehead atoms. The Morgan fingerprint density at radius 1 is 1.25 bits per heavy atom. The van der Waals surface area contributed by atoms with Crippen molar-refractivity contribution in [1.82, 2.24) is 0 Å². The molecule has 0 radical (unpaired) electrons. The maximum Gasteiger partial charge on any atom is 0.303 e. The van der Waals surface area contributed by atoms with Crippen molar-refractivity contribution in [2.24, 2.45) is 5.73 Å². The van der Waals surface area contributed by atoms with E-state index in [4.69, 9.17) is 10.8 Å². The van der Waals surface area contributed by atoms with E-state index in [0.29, 0.717) is 13.0 Å². The first-order valence-electron chi connectivity index (χ1n) is 4.60. The fourth-order valence-electron chi connectivity index (χ4n) is 0.607. The second kappa shape index (κ2) is 13.1. The third-order valence-corrected chi connectivity index (χ3v) is 1.30. The summed E-state index contributed by atoms with van der Waals surface area (Å²) in [6, 6.07) is 0. The zero-order valence-electron chi connectivity index (χ0n) is 8.18. The van der Waals surface area contributed by atoms with Crippen molar-refractivity contribution in [2.45, 2.75) is 46.0 Å². The van der Waals surface area contributed by atoms with E-state index >= 15 is 0 Å². The number of aliphatic carboxylic acids is 1. The highest BCUT2D eigenvalue weighted by Gasteiger charge is 1.91. The molecule has 74 valence electrons. The van der Waals surface area contributed by atoms with Crippen molar-refractivity contribution < 1.29 is 9.90 Å². The van der Waals surface area contributed by atoms with Crippen molar-refractivity contribution in [2.75, 3.05) is 6.54 Å². The molecule has 0 aromatic rings. The third kappa shape index (κ3) is 22.7. The molecule has 0 aliphatic rings. The molecule has 0 fully saturated rings. The molecule has 0 heterocycles. The summed E-state index contributed by atoms with van der Waals surface area (Å²) in [6.45, 7) is 4.89. The van der Waals surface area contributed by atoms with Gasteiger partial charge in [-0.05, 0) is 13.0 Å². The maximum absolute atomic E-state index is 9.70. The van der Waals surface area contributed by atoms with E-state index in [1.165, 1.54) is 19.3 Å². The highest BCUT2D eigenvalue weighted by Crippen LogP contribution is 1.88. The van der Waals surface area contributed by atoms with E-state index in [-0.39, 0.29) is 6.42 Å². The molecule has 0 aliphatic heterocycles. The first-order valence-corrected chi connectivity index (χ1v) is 4.60. The Balaban J connectivity index is 0. The maximum atomic E-state index is 9.70. The van der Waals surface area contributed by atoms with Gasteiger partial charge in [0.2, 0.25) is 0 Å². The van der Waals surface area contributed by atoms with Crippen LogP contribution in [0.5, 0.6) is 0 Å². The van der Waals surface area contributed by atoms with Gasteiger partial charge in [0, 0.05) is 6.42 Å². The molecule has 0 aromatic heterocycles. The molecular formula is C9H21NO2. The van der Waals surface area contributed by atoms with Crippen LogP contribution in [0, 0.1) is 0 Å². The number of hydrogen-bond acceptors (Lipinski definition) is 2. The third-order valence-electron chi connectivity index (χ3n) is 1.30. The van der Waals surface area contributed by atoms with Crippen LogP contribution in [0.2, 0.25) is 0 Å². The Hall–Kier alpha value is -0.570. The molecule has 12 heavy (non-hydrogen) atoms. The smallest absolute Gasteiger partial charge is 0.303 e. The standard InChI is InChI=1S/C5H12.C4H9NO2/c1-3-5-4-2;5-3-1-2-4(6)7/h3-5H2,1-2H3;1-3,5H2,(H,6,7). The van der Waals surface area contributed by atoms with Crippen LogP contribution >= 0.6 is 0 Å². The van der Waals surface area contributed by atoms with Gasteiger partial charge in [0.05, 0.1) is 0 Å². The first kappa shape index (κ1) is 14.0. The lowest BCUT2D eigenvalue weighted by Gasteiger charge is -1.86. The number of unbranched alkanes of at least 4 members (excludes halogenated alkanes) is 2. The van der Waals surface area contributed by atoms with Crippen LogP contribution in [0.25, 0.3) is 0 Å². The molecule has 0 saturated carbocycles. The van der Waals surface area contributed by atoms with E-state index < -0.39 is 5.97 Å². The summed E-state index contributed by atoms with van der Waals surface area (Å²) in [5.74, 6) is -0.773. The van der Waals surface area contributed by atoms with Crippen molar-refractivity contribution in [3.8, 4) is 0 Å². The molecule has 0 amide bonds. The molecular weight excluding hydrogens is 154 g/mol. The molecule has 0 unspecified atom stereocenters. The van der Waals surface area contributed by atoms with Crippen LogP contribution in [0.15, 0.2) is 0 Å². The van der Waals surface area contributed by atoms with Crippen LogP contribution in [-0.4, -0.2) is 17.6 Å². The van der Waals surface area contributed by atoms with Crippen LogP contribution in [-0.2, 0) is 4.79 Å². The van der Waals surface area contributed by atoms with Crippen LogP contribution in [0.4, 0.5) is 0 Å². The zero-order valence-corrected chi connectivity index (χ0v) is 8.18. The molecule has 0 aromatic carbocycles. The predicted molar refractivity (Wildman–Crippen MR) is 51.1 cm³/mol. The minimum absolute atomic E-state index is 0.191. The summed E-state index contributed by atoms with van der Waals surface area (Å²) >= 11 is 0. The molecule has 3 N–H and O–H groups in total. The van der Waals surface area contributed by atoms with Crippen LogP contribution in [0.3, 0.4) is 0 Å². The minimum Gasteiger partial charge on any atom is -0.481 e. The number of carbonyl (C=O) groups is 1. The summed E-state index contributed by atoms with van der Waals surface area (Å²) in [5.41, 5.74) is 5.01. The van der Waals surface area contributed by atoms with Crippen LogP contribution < -0.4 is 5.73 Å². The van der Waals surface area contributed by atoms with E-state index in [9.17, 15) is 4.79 Å². The highest BCUT2D eigenvalue weighted by molar-refractivity contribution is 5.66. The molecule has 0 saturated heterocycles. The zero-order chi connectivity index (χ0) is 9.82. The first-order chi connectivity index (χ1) is 5.68. The molecule has 0 aliphatic carbocycles. The molecule has 3 heteroatoms. The van der Waals surface area contributed by atoms with Gasteiger partial charge < -0.3 is 10.8 Å². The van der Waals surface area contributed by atoms with Crippen LogP contribution in [0.1, 0.15) is 46.0 Å². The van der Waals surface area contributed by atoms with Gasteiger partial charge in [-0.15, -0.1) is 0 Å². The topological polar surface area (TPSA) is 63.3 Å². The average molecular weight is 175 g/mol. The summed E-state index contributed by atoms with van der Waals surface area (Å²) in [4.78, 5) is 9.70. The van der Waals surface area contributed by atoms with Gasteiger partial charge in [0.15, 0.2) is 0 Å². The Kier molecular flexibility index (Phi) is 15.2. The summed E-state index contributed by atoms with van der Waals surface area (Å²) in [6.07, 6.45) is 4.85. The van der Waals surface area contributed by atoms with Gasteiger partial charge >= 0.3 is 5.97 Å². The lowest BCUT2D eigenvalue weighted by molar-refractivity contribution is -0.137. The van der Waals surface area contributed by atoms with E-state index in [1.807, 2.05) is 0 Å². The number of carboxylic acids is 1. The van der Waals surface area contributed by atoms with E-state index in [2.05, 4.69) is 13.8 Å². The monoisotopic (exact) mass is 175 g/mol. The molecule has 0 rings (SSSR count). The van der Waals surface area contributed by atoms with E-state index in [0.717, 1.165) is 0 Å². The number of nitrogens with two attached hydrogens (primary N) is 1. The van der Waals surface area contributed by atoms with Gasteiger partial charge in [-0.25, -0.2) is 0 Å². The molecule has 0 spiro atoms. The summed E-state index contributed by atoms with van der Waals surface area (Å²) in [5, 5.41) is 7.99. The number of carboxylic acid groups (broad SMARTS) is 1. The Bertz CT molecular complexity index is 92.5. The van der Waals surface area contributed by atoms with Gasteiger partial charge in [-0.1, -0.05) is 33.1 Å². The SMILES string of the molecule is CCCCC.NCCCC(=O)O. The van der Waals surface area contributed by atoms with Gasteiger partial charge in [0.25, 0.3) is 0 Å². The van der Waals surface area contributed by atoms with Crippen molar-refractivity contribution >= 4 is 5.97 Å². The second-order valence-corrected chi connectivity index (χ2v) is 2.64. The minimum atomic E-state index is -0.773. The number of rotatable bonds is 5. The Morgan fingerprint density at radius 3 is 1.83 bits per heavy atom. The molecule has 0 atom stereocenters. The lowest BCUT2D eigenvalue weighted by atomic mass is 10.3. The van der Waals surface area contributed by atoms with E-state index in [1.54, 1.807) is 0 Å². The quantitative estimate of drug-likeness (QED) is 0.671. The largest absolute Gasteiger partial charge is 0.481 e. The Labute approximate surface area is 75.0 Å². The summed E-state index contributed by atoms with van der Waals surface area (Å²) < 4.78 is 0. The van der Waals surface area contributed by atoms with Gasteiger partial charge in [-0.2, -0.15) is 0 Å². The number of hydrogen-bond donors (Lipinski definition) is 2. The fraction of sp³-hybridized carbons (Fsp3) is 0.889. The predicted octanol–water partition coefficient (Wildman–Crippen LogP) is 2.01. The second-order valence-electron chi connectivity index (χ2n) is 2.64. The van der Waals surface area contributed by atoms with Crippen molar-refractivity contribution in [3.63, 3.8) is 0 Å².